The number of carbonyl (C=O) groups is 2. The number of amides is 1. The van der Waals surface area contributed by atoms with Gasteiger partial charge in [-0.2, -0.15) is 0 Å². The Kier molecular flexibility index (Phi) is 4.07. The van der Waals surface area contributed by atoms with Crippen molar-refractivity contribution in [2.24, 2.45) is 0 Å². The summed E-state index contributed by atoms with van der Waals surface area (Å²) in [7, 11) is 0. The molecular weight excluding hydrogens is 272 g/mol. The van der Waals surface area contributed by atoms with Gasteiger partial charge in [0, 0.05) is 12.1 Å². The van der Waals surface area contributed by atoms with Gasteiger partial charge in [-0.25, -0.2) is 9.78 Å². The Labute approximate surface area is 121 Å². The fraction of sp³-hybridized carbons (Fsp3) is 0.267. The number of rotatable bonds is 4. The molecule has 0 aromatic carbocycles. The van der Waals surface area contributed by atoms with Crippen LogP contribution in [0.15, 0.2) is 22.8 Å². The molecule has 0 fully saturated rings. The van der Waals surface area contributed by atoms with Crippen molar-refractivity contribution in [3.63, 3.8) is 0 Å². The van der Waals surface area contributed by atoms with E-state index < -0.39 is 5.97 Å². The van der Waals surface area contributed by atoms with E-state index in [1.165, 1.54) is 12.1 Å². The zero-order chi connectivity index (χ0) is 15.6. The number of nitrogens with one attached hydrogen (secondary N) is 1. The van der Waals surface area contributed by atoms with Crippen molar-refractivity contribution in [1.29, 1.82) is 0 Å². The quantitative estimate of drug-likeness (QED) is 0.900. The summed E-state index contributed by atoms with van der Waals surface area (Å²) >= 11 is 0. The highest BCUT2D eigenvalue weighted by Crippen LogP contribution is 2.15. The topological polar surface area (TPSA) is 92.4 Å². The van der Waals surface area contributed by atoms with Gasteiger partial charge in [0.05, 0.1) is 17.5 Å². The highest BCUT2D eigenvalue weighted by atomic mass is 16.4. The van der Waals surface area contributed by atoms with Gasteiger partial charge in [-0.05, 0) is 38.5 Å². The molecule has 2 aromatic heterocycles. The smallest absolute Gasteiger partial charge is 0.337 e. The molecule has 1 amide bonds. The Bertz CT molecular complexity index is 684. The molecule has 0 atom stereocenters. The number of carbonyl (C=O) groups excluding carboxylic acids is 1. The van der Waals surface area contributed by atoms with E-state index in [4.69, 9.17) is 9.52 Å². The summed E-state index contributed by atoms with van der Waals surface area (Å²) < 4.78 is 5.26. The minimum absolute atomic E-state index is 0.0908. The van der Waals surface area contributed by atoms with Gasteiger partial charge in [0.25, 0.3) is 5.91 Å². The number of carboxylic acids is 1. The molecular formula is C15H16N2O4. The van der Waals surface area contributed by atoms with Gasteiger partial charge >= 0.3 is 5.97 Å². The summed E-state index contributed by atoms with van der Waals surface area (Å²) in [5.41, 5.74) is 2.50. The first-order valence-corrected chi connectivity index (χ1v) is 6.43. The van der Waals surface area contributed by atoms with Gasteiger partial charge in [-0.1, -0.05) is 0 Å². The van der Waals surface area contributed by atoms with E-state index in [2.05, 4.69) is 10.3 Å². The molecule has 0 unspecified atom stereocenters. The SMILES string of the molecule is Cc1coc(C)c1CNC(=O)c1ccc(C(=O)O)c(C)n1. The average molecular weight is 288 g/mol. The molecule has 2 N–H and O–H groups in total. The van der Waals surface area contributed by atoms with Crippen molar-refractivity contribution in [2.45, 2.75) is 27.3 Å². The van der Waals surface area contributed by atoms with Crippen LogP contribution in [0.2, 0.25) is 0 Å². The van der Waals surface area contributed by atoms with Gasteiger partial charge in [0.1, 0.15) is 11.5 Å². The number of nitrogens with zero attached hydrogens (tertiary/aromatic N) is 1. The number of aryl methyl sites for hydroxylation is 3. The molecule has 6 heteroatoms. The molecule has 0 saturated heterocycles. The first-order chi connectivity index (χ1) is 9.90. The number of aromatic nitrogens is 1. The van der Waals surface area contributed by atoms with E-state index in [0.717, 1.165) is 16.9 Å². The third-order valence-corrected chi connectivity index (χ3v) is 3.29. The van der Waals surface area contributed by atoms with Crippen molar-refractivity contribution in [3.8, 4) is 0 Å². The van der Waals surface area contributed by atoms with Crippen LogP contribution < -0.4 is 5.32 Å². The molecule has 0 saturated carbocycles. The summed E-state index contributed by atoms with van der Waals surface area (Å²) in [6.07, 6.45) is 1.64. The Balaban J connectivity index is 2.11. The fourth-order valence-electron chi connectivity index (χ4n) is 2.03. The van der Waals surface area contributed by atoms with Gasteiger partial charge in [-0.3, -0.25) is 4.79 Å². The number of pyridine rings is 1. The lowest BCUT2D eigenvalue weighted by molar-refractivity contribution is 0.0694. The molecule has 0 aliphatic carbocycles. The molecule has 0 aliphatic rings. The van der Waals surface area contributed by atoms with Crippen LogP contribution in [-0.4, -0.2) is 22.0 Å². The molecule has 2 heterocycles. The minimum atomic E-state index is -1.06. The van der Waals surface area contributed by atoms with E-state index >= 15 is 0 Å². The summed E-state index contributed by atoms with van der Waals surface area (Å²) in [6.45, 7) is 5.64. The summed E-state index contributed by atoms with van der Waals surface area (Å²) in [5.74, 6) is -0.648. The highest BCUT2D eigenvalue weighted by Gasteiger charge is 2.14. The zero-order valence-corrected chi connectivity index (χ0v) is 12.1. The first kappa shape index (κ1) is 14.8. The van der Waals surface area contributed by atoms with Crippen molar-refractivity contribution in [2.75, 3.05) is 0 Å². The summed E-state index contributed by atoms with van der Waals surface area (Å²) in [5, 5.41) is 11.7. The van der Waals surface area contributed by atoms with E-state index in [-0.39, 0.29) is 17.2 Å². The maximum absolute atomic E-state index is 12.0. The predicted molar refractivity (Wildman–Crippen MR) is 75.3 cm³/mol. The highest BCUT2D eigenvalue weighted by molar-refractivity contribution is 5.94. The van der Waals surface area contributed by atoms with Gasteiger partial charge in [0.15, 0.2) is 0 Å². The average Bonchev–Trinajstić information content (AvgIpc) is 2.75. The van der Waals surface area contributed by atoms with Crippen molar-refractivity contribution >= 4 is 11.9 Å². The lowest BCUT2D eigenvalue weighted by Gasteiger charge is -2.07. The monoisotopic (exact) mass is 288 g/mol. The zero-order valence-electron chi connectivity index (χ0n) is 12.1. The van der Waals surface area contributed by atoms with Crippen LogP contribution in [0, 0.1) is 20.8 Å². The molecule has 21 heavy (non-hydrogen) atoms. The van der Waals surface area contributed by atoms with E-state index in [9.17, 15) is 9.59 Å². The van der Waals surface area contributed by atoms with Crippen molar-refractivity contribution in [1.82, 2.24) is 10.3 Å². The largest absolute Gasteiger partial charge is 0.478 e. The lowest BCUT2D eigenvalue weighted by Crippen LogP contribution is -2.24. The maximum Gasteiger partial charge on any atom is 0.337 e. The molecule has 2 aromatic rings. The number of carboxylic acid groups (broad SMARTS) is 1. The van der Waals surface area contributed by atoms with Gasteiger partial charge < -0.3 is 14.8 Å². The predicted octanol–water partition coefficient (Wildman–Crippen LogP) is 2.23. The van der Waals surface area contributed by atoms with Crippen LogP contribution in [0.4, 0.5) is 0 Å². The van der Waals surface area contributed by atoms with Crippen LogP contribution in [0.3, 0.4) is 0 Å². The Morgan fingerprint density at radius 2 is 2.00 bits per heavy atom. The second-order valence-electron chi connectivity index (χ2n) is 4.77. The third kappa shape index (κ3) is 3.10. The van der Waals surface area contributed by atoms with Crippen LogP contribution in [0.25, 0.3) is 0 Å². The normalized spacial score (nSPS) is 10.4. The van der Waals surface area contributed by atoms with Gasteiger partial charge in [0.2, 0.25) is 0 Å². The molecule has 110 valence electrons. The van der Waals surface area contributed by atoms with E-state index in [1.54, 1.807) is 13.2 Å². The second kappa shape index (κ2) is 5.78. The Morgan fingerprint density at radius 1 is 1.29 bits per heavy atom. The van der Waals surface area contributed by atoms with Crippen LogP contribution in [-0.2, 0) is 6.54 Å². The number of hydrogen-bond acceptors (Lipinski definition) is 4. The summed E-state index contributed by atoms with van der Waals surface area (Å²) in [6, 6.07) is 2.79. The molecule has 2 rings (SSSR count). The van der Waals surface area contributed by atoms with Crippen LogP contribution in [0.1, 0.15) is 43.4 Å². The molecule has 0 spiro atoms. The Hall–Kier alpha value is -2.63. The van der Waals surface area contributed by atoms with E-state index in [0.29, 0.717) is 12.2 Å². The molecule has 0 aliphatic heterocycles. The third-order valence-electron chi connectivity index (χ3n) is 3.29. The molecule has 0 bridgehead atoms. The van der Waals surface area contributed by atoms with Crippen molar-refractivity contribution < 1.29 is 19.1 Å². The Morgan fingerprint density at radius 3 is 2.52 bits per heavy atom. The fourth-order valence-corrected chi connectivity index (χ4v) is 2.03. The molecule has 6 nitrogen and oxygen atoms in total. The van der Waals surface area contributed by atoms with Crippen LogP contribution in [0.5, 0.6) is 0 Å². The minimum Gasteiger partial charge on any atom is -0.478 e. The van der Waals surface area contributed by atoms with Crippen LogP contribution >= 0.6 is 0 Å². The first-order valence-electron chi connectivity index (χ1n) is 6.43. The lowest BCUT2D eigenvalue weighted by atomic mass is 10.1. The van der Waals surface area contributed by atoms with Crippen molar-refractivity contribution in [3.05, 3.63) is 52.2 Å². The van der Waals surface area contributed by atoms with E-state index in [1.807, 2.05) is 13.8 Å². The second-order valence-corrected chi connectivity index (χ2v) is 4.77. The summed E-state index contributed by atoms with van der Waals surface area (Å²) in [4.78, 5) is 27.0. The van der Waals surface area contributed by atoms with Gasteiger partial charge in [-0.15, -0.1) is 0 Å². The standard InChI is InChI=1S/C15H16N2O4/c1-8-7-21-10(3)12(8)6-16-14(18)13-5-4-11(15(19)20)9(2)17-13/h4-5,7H,6H2,1-3H3,(H,16,18)(H,19,20). The number of hydrogen-bond donors (Lipinski definition) is 2. The number of furan rings is 1. The maximum atomic E-state index is 12.0. The number of aromatic carboxylic acids is 1. The molecule has 0 radical (unpaired) electrons.